The van der Waals surface area contributed by atoms with Gasteiger partial charge < -0.3 is 29.6 Å². The van der Waals surface area contributed by atoms with Gasteiger partial charge in [-0.3, -0.25) is 0 Å². The summed E-state index contributed by atoms with van der Waals surface area (Å²) in [5, 5.41) is 0. The monoisotopic (exact) mass is 297 g/mol. The molecule has 21 heavy (non-hydrogen) atoms. The molecule has 0 aromatic rings. The normalized spacial score (nSPS) is 33.1. The Hall–Kier alpha value is -1.41. The highest BCUT2D eigenvalue weighted by atomic mass is 16.6. The molecule has 2 rings (SSSR count). The van der Waals surface area contributed by atoms with Gasteiger partial charge in [-0.1, -0.05) is 6.58 Å². The van der Waals surface area contributed by atoms with Gasteiger partial charge in [-0.25, -0.2) is 4.99 Å². The summed E-state index contributed by atoms with van der Waals surface area (Å²) in [5.41, 5.74) is 6.65. The van der Waals surface area contributed by atoms with Gasteiger partial charge in [-0.05, 0) is 6.92 Å². The lowest BCUT2D eigenvalue weighted by Gasteiger charge is -2.33. The van der Waals surface area contributed by atoms with Crippen LogP contribution in [0.3, 0.4) is 0 Å². The van der Waals surface area contributed by atoms with E-state index < -0.39 is 0 Å². The number of hydrogen-bond donors (Lipinski definition) is 1. The predicted molar refractivity (Wildman–Crippen MR) is 78.5 cm³/mol. The van der Waals surface area contributed by atoms with Gasteiger partial charge in [0.1, 0.15) is 30.0 Å². The molecule has 2 heterocycles. The fraction of sp³-hybridized carbons (Fsp3) is 0.643. The number of methoxy groups -OCH3 is 3. The molecule has 0 aromatic heterocycles. The van der Waals surface area contributed by atoms with E-state index in [1.54, 1.807) is 21.3 Å². The standard InChI is InChI=1S/C14H23N3O4/c1-8-6-17(9(2)16-13(8)15)14-12(20-5)11(19-4)10(21-14)7-18-3/h6,10-12,14H,2,7H2,1,3-5H3,(H2,15,16)/t10-,11?,12+,14-/m1/s1. The Kier molecular flexibility index (Phi) is 5.00. The van der Waals surface area contributed by atoms with Gasteiger partial charge in [0.15, 0.2) is 6.23 Å². The summed E-state index contributed by atoms with van der Waals surface area (Å²) < 4.78 is 22.3. The highest BCUT2D eigenvalue weighted by molar-refractivity contribution is 5.97. The van der Waals surface area contributed by atoms with E-state index in [0.29, 0.717) is 18.3 Å². The molecular weight excluding hydrogens is 274 g/mol. The van der Waals surface area contributed by atoms with E-state index in [0.717, 1.165) is 5.57 Å². The molecule has 1 saturated heterocycles. The van der Waals surface area contributed by atoms with Crippen molar-refractivity contribution in [3.8, 4) is 0 Å². The Balaban J connectivity index is 2.24. The Morgan fingerprint density at radius 1 is 1.33 bits per heavy atom. The molecule has 2 N–H and O–H groups in total. The number of ether oxygens (including phenoxy) is 4. The lowest BCUT2D eigenvalue weighted by atomic mass is 10.1. The van der Waals surface area contributed by atoms with Crippen molar-refractivity contribution in [1.82, 2.24) is 4.90 Å². The van der Waals surface area contributed by atoms with Crippen LogP contribution in [-0.4, -0.2) is 63.2 Å². The lowest BCUT2D eigenvalue weighted by Crippen LogP contribution is -2.44. The van der Waals surface area contributed by atoms with E-state index >= 15 is 0 Å². The molecule has 0 radical (unpaired) electrons. The first-order valence-electron chi connectivity index (χ1n) is 6.73. The molecule has 0 aliphatic carbocycles. The van der Waals surface area contributed by atoms with Crippen LogP contribution in [0.5, 0.6) is 0 Å². The second-order valence-corrected chi connectivity index (χ2v) is 5.05. The average molecular weight is 297 g/mol. The highest BCUT2D eigenvalue weighted by Crippen LogP contribution is 2.32. The fourth-order valence-corrected chi connectivity index (χ4v) is 2.62. The van der Waals surface area contributed by atoms with Crippen molar-refractivity contribution in [2.24, 2.45) is 10.7 Å². The largest absolute Gasteiger partial charge is 0.383 e. The summed E-state index contributed by atoms with van der Waals surface area (Å²) in [6.45, 7) is 6.23. The molecule has 0 amide bonds. The van der Waals surface area contributed by atoms with Crippen LogP contribution in [0.15, 0.2) is 29.2 Å². The number of nitrogens with two attached hydrogens (primary N) is 1. The third kappa shape index (κ3) is 2.96. The van der Waals surface area contributed by atoms with Crippen LogP contribution in [-0.2, 0) is 18.9 Å². The van der Waals surface area contributed by atoms with Crippen LogP contribution in [0.25, 0.3) is 0 Å². The van der Waals surface area contributed by atoms with Gasteiger partial charge in [-0.15, -0.1) is 0 Å². The van der Waals surface area contributed by atoms with Crippen LogP contribution in [0.4, 0.5) is 0 Å². The molecule has 7 nitrogen and oxygen atoms in total. The Morgan fingerprint density at radius 2 is 2.00 bits per heavy atom. The first-order valence-corrected chi connectivity index (χ1v) is 6.73. The highest BCUT2D eigenvalue weighted by Gasteiger charge is 2.48. The molecule has 4 atom stereocenters. The van der Waals surface area contributed by atoms with E-state index in [1.807, 2.05) is 18.0 Å². The van der Waals surface area contributed by atoms with Gasteiger partial charge in [0.05, 0.1) is 6.61 Å². The van der Waals surface area contributed by atoms with Crippen molar-refractivity contribution in [3.63, 3.8) is 0 Å². The molecule has 2 aliphatic heterocycles. The van der Waals surface area contributed by atoms with Gasteiger partial charge in [0, 0.05) is 33.1 Å². The SMILES string of the molecule is C=C1N=C(N)C(C)=CN1[C@@H]1O[C@H](COC)C(OC)[C@@H]1OC. The molecule has 0 aromatic carbocycles. The van der Waals surface area contributed by atoms with Crippen LogP contribution >= 0.6 is 0 Å². The van der Waals surface area contributed by atoms with E-state index in [1.165, 1.54) is 0 Å². The molecular formula is C14H23N3O4. The van der Waals surface area contributed by atoms with Gasteiger partial charge >= 0.3 is 0 Å². The summed E-state index contributed by atoms with van der Waals surface area (Å²) >= 11 is 0. The van der Waals surface area contributed by atoms with Crippen molar-refractivity contribution in [2.45, 2.75) is 31.5 Å². The molecule has 7 heteroatoms. The zero-order chi connectivity index (χ0) is 15.6. The van der Waals surface area contributed by atoms with E-state index in [4.69, 9.17) is 24.7 Å². The van der Waals surface area contributed by atoms with Crippen LogP contribution in [0.1, 0.15) is 6.92 Å². The van der Waals surface area contributed by atoms with Crippen molar-refractivity contribution in [3.05, 3.63) is 24.2 Å². The summed E-state index contributed by atoms with van der Waals surface area (Å²) in [6, 6.07) is 0. The maximum absolute atomic E-state index is 6.04. The quantitative estimate of drug-likeness (QED) is 0.793. The van der Waals surface area contributed by atoms with Gasteiger partial charge in [0.25, 0.3) is 0 Å². The molecule has 0 spiro atoms. The van der Waals surface area contributed by atoms with Crippen molar-refractivity contribution < 1.29 is 18.9 Å². The topological polar surface area (TPSA) is 78.5 Å². The number of hydrogen-bond acceptors (Lipinski definition) is 7. The maximum Gasteiger partial charge on any atom is 0.164 e. The van der Waals surface area contributed by atoms with Gasteiger partial charge in [0.2, 0.25) is 0 Å². The first-order chi connectivity index (χ1) is 10.0. The van der Waals surface area contributed by atoms with Gasteiger partial charge in [-0.2, -0.15) is 0 Å². The second kappa shape index (κ2) is 6.57. The summed E-state index contributed by atoms with van der Waals surface area (Å²) in [5.74, 6) is 0.970. The number of nitrogens with zero attached hydrogens (tertiary/aromatic N) is 2. The molecule has 1 fully saturated rings. The minimum Gasteiger partial charge on any atom is -0.383 e. The molecule has 2 aliphatic rings. The summed E-state index contributed by atoms with van der Waals surface area (Å²) in [6.07, 6.45) is 0.734. The number of rotatable bonds is 5. The Morgan fingerprint density at radius 3 is 2.57 bits per heavy atom. The van der Waals surface area contributed by atoms with Crippen molar-refractivity contribution in [1.29, 1.82) is 0 Å². The first kappa shape index (κ1) is 16.0. The predicted octanol–water partition coefficient (Wildman–Crippen LogP) is 0.436. The molecule has 1 unspecified atom stereocenters. The summed E-state index contributed by atoms with van der Waals surface area (Å²) in [7, 11) is 4.89. The van der Waals surface area contributed by atoms with E-state index in [2.05, 4.69) is 11.6 Å². The smallest absolute Gasteiger partial charge is 0.164 e. The molecule has 0 saturated carbocycles. The fourth-order valence-electron chi connectivity index (χ4n) is 2.62. The average Bonchev–Trinajstić information content (AvgIpc) is 2.80. The summed E-state index contributed by atoms with van der Waals surface area (Å²) in [4.78, 5) is 6.05. The molecule has 118 valence electrons. The zero-order valence-electron chi connectivity index (χ0n) is 12.9. The van der Waals surface area contributed by atoms with Crippen LogP contribution in [0.2, 0.25) is 0 Å². The van der Waals surface area contributed by atoms with Crippen molar-refractivity contribution in [2.75, 3.05) is 27.9 Å². The van der Waals surface area contributed by atoms with Crippen LogP contribution < -0.4 is 5.73 Å². The number of amidine groups is 1. The number of aliphatic imine (C=N–C) groups is 1. The van der Waals surface area contributed by atoms with E-state index in [9.17, 15) is 0 Å². The maximum atomic E-state index is 6.04. The zero-order valence-corrected chi connectivity index (χ0v) is 12.9. The minimum absolute atomic E-state index is 0.222. The minimum atomic E-state index is -0.389. The Labute approximate surface area is 125 Å². The Bertz CT molecular complexity index is 463. The second-order valence-electron chi connectivity index (χ2n) is 5.05. The van der Waals surface area contributed by atoms with Crippen LogP contribution in [0, 0.1) is 0 Å². The van der Waals surface area contributed by atoms with E-state index in [-0.39, 0.29) is 24.5 Å². The third-order valence-electron chi connectivity index (χ3n) is 3.72. The molecule has 0 bridgehead atoms. The van der Waals surface area contributed by atoms with Crippen molar-refractivity contribution >= 4 is 5.84 Å². The third-order valence-corrected chi connectivity index (χ3v) is 3.72. The lowest BCUT2D eigenvalue weighted by molar-refractivity contribution is -0.0805.